The first-order chi connectivity index (χ1) is 18.5. The van der Waals surface area contributed by atoms with Crippen molar-refractivity contribution >= 4 is 23.1 Å². The Kier molecular flexibility index (Phi) is 6.41. The molecule has 2 aromatic carbocycles. The zero-order chi connectivity index (χ0) is 26.2. The normalized spacial score (nSPS) is 20.2. The van der Waals surface area contributed by atoms with E-state index >= 15 is 0 Å². The fraction of sp³-hybridized carbons (Fsp3) is 0.267. The van der Waals surface area contributed by atoms with Gasteiger partial charge in [0.05, 0.1) is 12.7 Å². The molecule has 1 aromatic heterocycles. The summed E-state index contributed by atoms with van der Waals surface area (Å²) in [4.78, 5) is 28.5. The second-order valence-corrected chi connectivity index (χ2v) is 10.5. The van der Waals surface area contributed by atoms with Gasteiger partial charge in [0.1, 0.15) is 12.4 Å². The van der Waals surface area contributed by atoms with E-state index in [0.29, 0.717) is 41.2 Å². The van der Waals surface area contributed by atoms with Crippen molar-refractivity contribution in [2.75, 3.05) is 13.9 Å². The maximum atomic E-state index is 13.7. The van der Waals surface area contributed by atoms with Crippen LogP contribution in [0.2, 0.25) is 0 Å². The van der Waals surface area contributed by atoms with Gasteiger partial charge >= 0.3 is 5.97 Å². The number of hydrogen-bond donors (Lipinski definition) is 1. The Hall–Kier alpha value is -4.04. The molecule has 0 spiro atoms. The van der Waals surface area contributed by atoms with Crippen LogP contribution in [-0.4, -0.2) is 25.7 Å². The van der Waals surface area contributed by atoms with Crippen molar-refractivity contribution in [2.45, 2.75) is 38.2 Å². The quantitative estimate of drug-likeness (QED) is 0.417. The van der Waals surface area contributed by atoms with Crippen LogP contribution in [0, 0.1) is 0 Å². The van der Waals surface area contributed by atoms with Gasteiger partial charge in [0.2, 0.25) is 6.79 Å². The van der Waals surface area contributed by atoms with Gasteiger partial charge < -0.3 is 24.3 Å². The van der Waals surface area contributed by atoms with Crippen LogP contribution < -0.4 is 19.5 Å². The molecule has 0 bridgehead atoms. The summed E-state index contributed by atoms with van der Waals surface area (Å²) in [6, 6.07) is 17.1. The van der Waals surface area contributed by atoms with Crippen molar-refractivity contribution < 1.29 is 28.5 Å². The predicted molar refractivity (Wildman–Crippen MR) is 142 cm³/mol. The molecule has 0 unspecified atom stereocenters. The van der Waals surface area contributed by atoms with Crippen LogP contribution in [0.15, 0.2) is 82.5 Å². The minimum Gasteiger partial charge on any atom is -0.497 e. The highest BCUT2D eigenvalue weighted by Crippen LogP contribution is 2.48. The molecule has 8 heteroatoms. The Morgan fingerprint density at radius 3 is 2.66 bits per heavy atom. The minimum atomic E-state index is -0.569. The summed E-state index contributed by atoms with van der Waals surface area (Å²) in [6.45, 7) is 2.12. The molecular weight excluding hydrogens is 502 g/mol. The Morgan fingerprint density at radius 1 is 1.08 bits per heavy atom. The molecular formula is C30H27NO6S. The minimum absolute atomic E-state index is 0.0350. The van der Waals surface area contributed by atoms with Gasteiger partial charge in [-0.25, -0.2) is 4.79 Å². The number of rotatable bonds is 6. The lowest BCUT2D eigenvalue weighted by Crippen LogP contribution is -2.36. The lowest BCUT2D eigenvalue weighted by atomic mass is 9.72. The Balaban J connectivity index is 1.35. The smallest absolute Gasteiger partial charge is 0.337 e. The number of benzene rings is 2. The summed E-state index contributed by atoms with van der Waals surface area (Å²) in [6.07, 6.45) is 1.10. The van der Waals surface area contributed by atoms with Gasteiger partial charge in [-0.3, -0.25) is 4.79 Å². The number of nitrogens with one attached hydrogen (secondary N) is 1. The number of fused-ring (bicyclic) bond motifs is 1. The molecule has 194 valence electrons. The average Bonchev–Trinajstić information content (AvgIpc) is 3.63. The molecule has 1 aliphatic carbocycles. The molecule has 3 aliphatic rings. The van der Waals surface area contributed by atoms with E-state index in [9.17, 15) is 9.59 Å². The van der Waals surface area contributed by atoms with Crippen LogP contribution in [0.3, 0.4) is 0 Å². The molecule has 1 N–H and O–H groups in total. The van der Waals surface area contributed by atoms with Crippen LogP contribution in [0.1, 0.15) is 47.6 Å². The number of ketones is 1. The molecule has 3 aromatic rings. The number of methoxy groups -OCH3 is 1. The average molecular weight is 530 g/mol. The van der Waals surface area contributed by atoms with E-state index in [1.54, 1.807) is 18.4 Å². The van der Waals surface area contributed by atoms with E-state index in [-0.39, 0.29) is 25.1 Å². The third-order valence-electron chi connectivity index (χ3n) is 7.25. The van der Waals surface area contributed by atoms with E-state index in [2.05, 4.69) is 11.4 Å². The zero-order valence-corrected chi connectivity index (χ0v) is 21.9. The van der Waals surface area contributed by atoms with Crippen molar-refractivity contribution in [3.05, 3.63) is 98.5 Å². The van der Waals surface area contributed by atoms with E-state index in [4.69, 9.17) is 18.9 Å². The van der Waals surface area contributed by atoms with E-state index in [0.717, 1.165) is 22.6 Å². The standard InChI is InChI=1S/C30H27NO6S/c1-17-27(30(33)35-15-18-5-8-21(34-2)9-6-18)28(19-7-10-24-25(14-19)37-16-36-24)29-22(31-17)12-20(13-23(29)32)26-4-3-11-38-26/h3-11,14,20,28,31H,12-13,15-16H2,1-2H3/t20-,28+/m1/s1. The van der Waals surface area contributed by atoms with Gasteiger partial charge in [0.25, 0.3) is 0 Å². The molecule has 0 radical (unpaired) electrons. The highest BCUT2D eigenvalue weighted by Gasteiger charge is 2.42. The number of thiophene rings is 1. The van der Waals surface area contributed by atoms with Crippen molar-refractivity contribution in [2.24, 2.45) is 0 Å². The molecule has 7 nitrogen and oxygen atoms in total. The van der Waals surface area contributed by atoms with Crippen molar-refractivity contribution in [1.29, 1.82) is 0 Å². The summed E-state index contributed by atoms with van der Waals surface area (Å²) in [5, 5.41) is 5.44. The highest BCUT2D eigenvalue weighted by molar-refractivity contribution is 7.10. The van der Waals surface area contributed by atoms with Gasteiger partial charge in [0, 0.05) is 40.1 Å². The number of dihydropyridines is 1. The molecule has 2 aliphatic heterocycles. The zero-order valence-electron chi connectivity index (χ0n) is 21.1. The number of allylic oxidation sites excluding steroid dienone is 3. The first-order valence-corrected chi connectivity index (χ1v) is 13.4. The van der Waals surface area contributed by atoms with Crippen LogP contribution in [0.4, 0.5) is 0 Å². The summed E-state index contributed by atoms with van der Waals surface area (Å²) < 4.78 is 22.1. The lowest BCUT2D eigenvalue weighted by Gasteiger charge is -2.36. The summed E-state index contributed by atoms with van der Waals surface area (Å²) in [7, 11) is 1.61. The predicted octanol–water partition coefficient (Wildman–Crippen LogP) is 5.59. The number of ether oxygens (including phenoxy) is 4. The van der Waals surface area contributed by atoms with E-state index in [1.165, 1.54) is 4.88 Å². The van der Waals surface area contributed by atoms with Gasteiger partial charge in [-0.05, 0) is 60.2 Å². The van der Waals surface area contributed by atoms with Crippen LogP contribution in [0.25, 0.3) is 0 Å². The summed E-state index contributed by atoms with van der Waals surface area (Å²) in [5.74, 6) is 1.10. The molecule has 38 heavy (non-hydrogen) atoms. The summed E-state index contributed by atoms with van der Waals surface area (Å²) >= 11 is 1.67. The number of Topliss-reactive ketones (excluding diaryl/α,β-unsaturated/α-hetero) is 1. The van der Waals surface area contributed by atoms with Gasteiger partial charge in [0.15, 0.2) is 17.3 Å². The summed E-state index contributed by atoms with van der Waals surface area (Å²) in [5.41, 5.74) is 4.24. The van der Waals surface area contributed by atoms with Crippen molar-refractivity contribution in [3.63, 3.8) is 0 Å². The van der Waals surface area contributed by atoms with Crippen LogP contribution in [0.5, 0.6) is 17.2 Å². The van der Waals surface area contributed by atoms with Gasteiger partial charge in [-0.1, -0.05) is 24.3 Å². The van der Waals surface area contributed by atoms with Gasteiger partial charge in [-0.15, -0.1) is 11.3 Å². The Labute approximate surface area is 224 Å². The maximum Gasteiger partial charge on any atom is 0.337 e. The monoisotopic (exact) mass is 529 g/mol. The Morgan fingerprint density at radius 2 is 1.89 bits per heavy atom. The maximum absolute atomic E-state index is 13.7. The number of hydrogen-bond acceptors (Lipinski definition) is 8. The third-order valence-corrected chi connectivity index (χ3v) is 8.29. The number of esters is 1. The first kappa shape index (κ1) is 24.3. The molecule has 6 rings (SSSR count). The second kappa shape index (κ2) is 10.0. The topological polar surface area (TPSA) is 83.1 Å². The molecule has 3 heterocycles. The fourth-order valence-corrected chi connectivity index (χ4v) is 6.24. The van der Waals surface area contributed by atoms with Crippen LogP contribution in [-0.2, 0) is 20.9 Å². The first-order valence-electron chi connectivity index (χ1n) is 12.5. The SMILES string of the molecule is COc1ccc(COC(=O)C2=C(C)NC3=C(C(=O)C[C@H](c4cccs4)C3)[C@H]2c2ccc3c(c2)OCO3)cc1. The van der Waals surface area contributed by atoms with E-state index in [1.807, 2.05) is 60.8 Å². The second-order valence-electron chi connectivity index (χ2n) is 9.57. The lowest BCUT2D eigenvalue weighted by molar-refractivity contribution is -0.140. The molecule has 0 saturated carbocycles. The largest absolute Gasteiger partial charge is 0.497 e. The van der Waals surface area contributed by atoms with E-state index < -0.39 is 11.9 Å². The number of carbonyl (C=O) groups is 2. The molecule has 0 saturated heterocycles. The molecule has 0 fully saturated rings. The highest BCUT2D eigenvalue weighted by atomic mass is 32.1. The number of carbonyl (C=O) groups excluding carboxylic acids is 2. The fourth-order valence-electron chi connectivity index (χ4n) is 5.41. The molecule has 2 atom stereocenters. The van der Waals surface area contributed by atoms with Crippen molar-refractivity contribution in [3.8, 4) is 17.2 Å². The van der Waals surface area contributed by atoms with Gasteiger partial charge in [-0.2, -0.15) is 0 Å². The van der Waals surface area contributed by atoms with Crippen molar-refractivity contribution in [1.82, 2.24) is 5.32 Å². The molecule has 0 amide bonds. The Bertz CT molecular complexity index is 1450. The third kappa shape index (κ3) is 4.45. The van der Waals surface area contributed by atoms with Crippen LogP contribution >= 0.6 is 11.3 Å².